The Morgan fingerprint density at radius 3 is 2.37 bits per heavy atom. The first-order chi connectivity index (χ1) is 12.9. The smallest absolute Gasteiger partial charge is 0.338 e. The molecule has 1 aromatic carbocycles. The van der Waals surface area contributed by atoms with Crippen LogP contribution in [0.3, 0.4) is 0 Å². The first kappa shape index (κ1) is 19.2. The highest BCUT2D eigenvalue weighted by molar-refractivity contribution is 5.91. The minimum absolute atomic E-state index is 0.0412. The van der Waals surface area contributed by atoms with Crippen molar-refractivity contribution >= 4 is 17.3 Å². The first-order valence-electron chi connectivity index (χ1n) is 8.81. The van der Waals surface area contributed by atoms with E-state index in [2.05, 4.69) is 0 Å². The summed E-state index contributed by atoms with van der Waals surface area (Å²) < 4.78 is 17.0. The summed E-state index contributed by atoms with van der Waals surface area (Å²) in [5, 5.41) is 21.8. The molecule has 27 heavy (non-hydrogen) atoms. The van der Waals surface area contributed by atoms with E-state index in [0.29, 0.717) is 13.0 Å². The Morgan fingerprint density at radius 2 is 1.78 bits per heavy atom. The highest BCUT2D eigenvalue weighted by Crippen LogP contribution is 2.37. The van der Waals surface area contributed by atoms with Crippen LogP contribution in [0.5, 0.6) is 0 Å². The maximum absolute atomic E-state index is 12.3. The second-order valence-corrected chi connectivity index (χ2v) is 6.70. The Labute approximate surface area is 154 Å². The van der Waals surface area contributed by atoms with E-state index in [-0.39, 0.29) is 18.3 Å². The molecule has 2 saturated heterocycles. The number of esters is 1. The number of non-ortho nitro benzene ring substituents is 2. The Bertz CT molecular complexity index is 707. The van der Waals surface area contributed by atoms with Gasteiger partial charge in [-0.25, -0.2) is 4.79 Å². The van der Waals surface area contributed by atoms with Gasteiger partial charge in [-0.3, -0.25) is 20.2 Å². The lowest BCUT2D eigenvalue weighted by Crippen LogP contribution is -2.46. The number of hydrogen-bond donors (Lipinski definition) is 0. The standard InChI is InChI=1S/C17H20N2O8/c20-16(12-8-13(18(21)22)10-14(9-12)19(23)24)25-11-15-4-3-6-17(27-15)5-1-2-7-26-17/h8-10,15H,1-7,11H2/t15-,17-/m0/s1. The van der Waals surface area contributed by atoms with Crippen molar-refractivity contribution in [2.75, 3.05) is 13.2 Å². The van der Waals surface area contributed by atoms with Crippen molar-refractivity contribution in [3.63, 3.8) is 0 Å². The van der Waals surface area contributed by atoms with Gasteiger partial charge in [0.2, 0.25) is 0 Å². The zero-order valence-electron chi connectivity index (χ0n) is 14.6. The van der Waals surface area contributed by atoms with Crippen molar-refractivity contribution in [2.24, 2.45) is 0 Å². The molecule has 0 N–H and O–H groups in total. The number of carbonyl (C=O) groups is 1. The van der Waals surface area contributed by atoms with Crippen molar-refractivity contribution in [3.05, 3.63) is 44.0 Å². The minimum atomic E-state index is -0.866. The molecular weight excluding hydrogens is 360 g/mol. The van der Waals surface area contributed by atoms with E-state index in [1.807, 2.05) is 0 Å². The van der Waals surface area contributed by atoms with E-state index >= 15 is 0 Å². The van der Waals surface area contributed by atoms with E-state index in [9.17, 15) is 25.0 Å². The molecule has 2 aliphatic rings. The molecule has 10 heteroatoms. The highest BCUT2D eigenvalue weighted by Gasteiger charge is 2.40. The molecular formula is C17H20N2O8. The number of benzene rings is 1. The van der Waals surface area contributed by atoms with Gasteiger partial charge >= 0.3 is 5.97 Å². The van der Waals surface area contributed by atoms with Crippen LogP contribution in [0.2, 0.25) is 0 Å². The topological polar surface area (TPSA) is 131 Å². The van der Waals surface area contributed by atoms with Gasteiger partial charge in [-0.05, 0) is 25.7 Å². The average Bonchev–Trinajstić information content (AvgIpc) is 2.66. The summed E-state index contributed by atoms with van der Waals surface area (Å²) in [4.78, 5) is 32.5. The summed E-state index contributed by atoms with van der Waals surface area (Å²) >= 11 is 0. The van der Waals surface area contributed by atoms with Gasteiger partial charge in [0.15, 0.2) is 5.79 Å². The van der Waals surface area contributed by atoms with Gasteiger partial charge in [0.05, 0.1) is 34.2 Å². The van der Waals surface area contributed by atoms with Crippen LogP contribution in [0, 0.1) is 20.2 Å². The Hall–Kier alpha value is -2.59. The molecule has 3 rings (SSSR count). The Morgan fingerprint density at radius 1 is 1.11 bits per heavy atom. The molecule has 0 aromatic heterocycles. The number of nitro benzene ring substituents is 2. The van der Waals surface area contributed by atoms with E-state index in [1.54, 1.807) is 0 Å². The van der Waals surface area contributed by atoms with Gasteiger partial charge < -0.3 is 14.2 Å². The van der Waals surface area contributed by atoms with Crippen molar-refractivity contribution in [1.29, 1.82) is 0 Å². The summed E-state index contributed by atoms with van der Waals surface area (Å²) in [7, 11) is 0. The fourth-order valence-corrected chi connectivity index (χ4v) is 3.43. The normalized spacial score (nSPS) is 25.1. The second kappa shape index (κ2) is 7.97. The average molecular weight is 380 g/mol. The van der Waals surface area contributed by atoms with Gasteiger partial charge in [-0.2, -0.15) is 0 Å². The summed E-state index contributed by atoms with van der Waals surface area (Å²) in [6, 6.07) is 2.72. The fraction of sp³-hybridized carbons (Fsp3) is 0.588. The van der Waals surface area contributed by atoms with Gasteiger partial charge in [0, 0.05) is 25.0 Å². The van der Waals surface area contributed by atoms with Crippen molar-refractivity contribution in [2.45, 2.75) is 50.4 Å². The third kappa shape index (κ3) is 4.58. The zero-order valence-corrected chi connectivity index (χ0v) is 14.6. The molecule has 0 radical (unpaired) electrons. The van der Waals surface area contributed by atoms with Crippen LogP contribution >= 0.6 is 0 Å². The molecule has 10 nitrogen and oxygen atoms in total. The summed E-state index contributed by atoms with van der Waals surface area (Å²) in [5.41, 5.74) is -1.32. The van der Waals surface area contributed by atoms with Gasteiger partial charge in [-0.1, -0.05) is 0 Å². The van der Waals surface area contributed by atoms with Crippen molar-refractivity contribution < 1.29 is 28.9 Å². The number of carbonyl (C=O) groups excluding carboxylic acids is 1. The van der Waals surface area contributed by atoms with E-state index in [4.69, 9.17) is 14.2 Å². The summed E-state index contributed by atoms with van der Waals surface area (Å²) in [5.74, 6) is -1.48. The number of ether oxygens (including phenoxy) is 3. The van der Waals surface area contributed by atoms with Crippen molar-refractivity contribution in [1.82, 2.24) is 0 Å². The molecule has 0 aliphatic carbocycles. The van der Waals surface area contributed by atoms with E-state index < -0.39 is 33.0 Å². The SMILES string of the molecule is O=C(OC[C@@H]1CCC[C@]2(CCCCO2)O1)c1cc([N+](=O)[O-])cc([N+](=O)[O-])c1. The van der Waals surface area contributed by atoms with E-state index in [0.717, 1.165) is 50.3 Å². The molecule has 0 amide bonds. The Kier molecular flexibility index (Phi) is 5.66. The minimum Gasteiger partial charge on any atom is -0.459 e. The summed E-state index contributed by atoms with van der Waals surface area (Å²) in [6.07, 6.45) is 4.86. The molecule has 0 bridgehead atoms. The van der Waals surface area contributed by atoms with Gasteiger partial charge in [0.25, 0.3) is 11.4 Å². The third-order valence-electron chi connectivity index (χ3n) is 4.74. The van der Waals surface area contributed by atoms with Crippen LogP contribution in [-0.4, -0.2) is 40.9 Å². The molecule has 2 heterocycles. The van der Waals surface area contributed by atoms with Crippen LogP contribution in [0.1, 0.15) is 48.9 Å². The molecule has 2 fully saturated rings. The predicted molar refractivity (Wildman–Crippen MR) is 91.3 cm³/mol. The number of rotatable bonds is 5. The molecule has 1 spiro atoms. The summed E-state index contributed by atoms with van der Waals surface area (Å²) in [6.45, 7) is 0.601. The number of nitrogens with zero attached hydrogens (tertiary/aromatic N) is 2. The fourth-order valence-electron chi connectivity index (χ4n) is 3.43. The lowest BCUT2D eigenvalue weighted by atomic mass is 9.95. The lowest BCUT2D eigenvalue weighted by Gasteiger charge is -2.43. The van der Waals surface area contributed by atoms with Crippen molar-refractivity contribution in [3.8, 4) is 0 Å². The third-order valence-corrected chi connectivity index (χ3v) is 4.74. The predicted octanol–water partition coefficient (Wildman–Crippen LogP) is 3.13. The monoisotopic (exact) mass is 380 g/mol. The van der Waals surface area contributed by atoms with Crippen LogP contribution in [0.4, 0.5) is 11.4 Å². The molecule has 1 aromatic rings. The molecule has 0 saturated carbocycles. The Balaban J connectivity index is 1.65. The molecule has 2 aliphatic heterocycles. The maximum atomic E-state index is 12.3. The lowest BCUT2D eigenvalue weighted by molar-refractivity contribution is -0.394. The molecule has 146 valence electrons. The van der Waals surface area contributed by atoms with Crippen LogP contribution in [-0.2, 0) is 14.2 Å². The van der Waals surface area contributed by atoms with E-state index in [1.165, 1.54) is 0 Å². The second-order valence-electron chi connectivity index (χ2n) is 6.70. The van der Waals surface area contributed by atoms with Gasteiger partial charge in [-0.15, -0.1) is 0 Å². The van der Waals surface area contributed by atoms with Gasteiger partial charge in [0.1, 0.15) is 6.61 Å². The molecule has 2 atom stereocenters. The first-order valence-corrected chi connectivity index (χ1v) is 8.81. The number of nitro groups is 2. The largest absolute Gasteiger partial charge is 0.459 e. The van der Waals surface area contributed by atoms with Crippen LogP contribution < -0.4 is 0 Å². The maximum Gasteiger partial charge on any atom is 0.338 e. The van der Waals surface area contributed by atoms with Crippen LogP contribution in [0.15, 0.2) is 18.2 Å². The highest BCUT2D eigenvalue weighted by atomic mass is 16.7. The van der Waals surface area contributed by atoms with Crippen LogP contribution in [0.25, 0.3) is 0 Å². The molecule has 0 unspecified atom stereocenters. The number of hydrogen-bond acceptors (Lipinski definition) is 8. The quantitative estimate of drug-likeness (QED) is 0.432. The zero-order chi connectivity index (χ0) is 19.4.